The minimum absolute atomic E-state index is 0.0594. The number of hydrogen-bond acceptors (Lipinski definition) is 5. The SMILES string of the molecule is O=C(C[C@@H]1CCS(=O)(=O)C1)OCc1cccs1. The second-order valence-corrected chi connectivity index (χ2v) is 7.47. The number of hydrogen-bond donors (Lipinski definition) is 0. The molecule has 4 nitrogen and oxygen atoms in total. The molecule has 1 fully saturated rings. The molecule has 0 aliphatic carbocycles. The summed E-state index contributed by atoms with van der Waals surface area (Å²) in [5.41, 5.74) is 0. The number of thiophene rings is 1. The van der Waals surface area contributed by atoms with E-state index in [1.54, 1.807) is 0 Å². The Hall–Kier alpha value is -0.880. The second-order valence-electron chi connectivity index (χ2n) is 4.21. The molecule has 1 aromatic heterocycles. The van der Waals surface area contributed by atoms with Crippen LogP contribution >= 0.6 is 11.3 Å². The molecule has 1 aliphatic rings. The van der Waals surface area contributed by atoms with E-state index in [1.165, 1.54) is 11.3 Å². The highest BCUT2D eigenvalue weighted by molar-refractivity contribution is 7.91. The van der Waals surface area contributed by atoms with Crippen molar-refractivity contribution in [3.63, 3.8) is 0 Å². The lowest BCUT2D eigenvalue weighted by Crippen LogP contribution is -2.12. The molecule has 1 atom stereocenters. The highest BCUT2D eigenvalue weighted by atomic mass is 32.2. The summed E-state index contributed by atoms with van der Waals surface area (Å²) in [7, 11) is -2.90. The second kappa shape index (κ2) is 5.18. The standard InChI is InChI=1S/C11H14O4S2/c12-11(15-7-10-2-1-4-16-10)6-9-3-5-17(13,14)8-9/h1-2,4,9H,3,5-8H2/t9-/m0/s1. The van der Waals surface area contributed by atoms with Crippen LogP contribution in [-0.2, 0) is 26.0 Å². The van der Waals surface area contributed by atoms with E-state index in [1.807, 2.05) is 17.5 Å². The Morgan fingerprint density at radius 1 is 1.53 bits per heavy atom. The van der Waals surface area contributed by atoms with Gasteiger partial charge in [0.25, 0.3) is 0 Å². The molecule has 0 aromatic carbocycles. The zero-order valence-electron chi connectivity index (χ0n) is 9.29. The van der Waals surface area contributed by atoms with Crippen molar-refractivity contribution in [3.8, 4) is 0 Å². The van der Waals surface area contributed by atoms with Crippen molar-refractivity contribution in [2.75, 3.05) is 11.5 Å². The van der Waals surface area contributed by atoms with Crippen molar-refractivity contribution in [1.82, 2.24) is 0 Å². The molecule has 0 spiro atoms. The van der Waals surface area contributed by atoms with Gasteiger partial charge in [-0.2, -0.15) is 0 Å². The summed E-state index contributed by atoms with van der Waals surface area (Å²) in [5.74, 6) is -0.0342. The van der Waals surface area contributed by atoms with E-state index in [2.05, 4.69) is 0 Å². The lowest BCUT2D eigenvalue weighted by Gasteiger charge is -2.07. The molecule has 0 amide bonds. The van der Waals surface area contributed by atoms with E-state index in [9.17, 15) is 13.2 Å². The van der Waals surface area contributed by atoms with Crippen LogP contribution in [0.25, 0.3) is 0 Å². The van der Waals surface area contributed by atoms with Crippen LogP contribution in [0.4, 0.5) is 0 Å². The molecule has 2 heterocycles. The molecule has 0 unspecified atom stereocenters. The van der Waals surface area contributed by atoms with E-state index in [0.717, 1.165) is 4.88 Å². The third-order valence-corrected chi connectivity index (χ3v) is 5.42. The molecule has 6 heteroatoms. The van der Waals surface area contributed by atoms with Gasteiger partial charge in [-0.1, -0.05) is 6.07 Å². The molecule has 2 rings (SSSR count). The molecule has 0 radical (unpaired) electrons. The highest BCUT2D eigenvalue weighted by Crippen LogP contribution is 2.22. The van der Waals surface area contributed by atoms with Gasteiger partial charge >= 0.3 is 5.97 Å². The third-order valence-electron chi connectivity index (χ3n) is 2.74. The average Bonchev–Trinajstić information content (AvgIpc) is 2.85. The predicted molar refractivity (Wildman–Crippen MR) is 65.5 cm³/mol. The van der Waals surface area contributed by atoms with Crippen LogP contribution in [0.5, 0.6) is 0 Å². The zero-order valence-corrected chi connectivity index (χ0v) is 10.9. The molecule has 0 bridgehead atoms. The Kier molecular flexibility index (Phi) is 3.83. The van der Waals surface area contributed by atoms with Crippen LogP contribution in [0, 0.1) is 5.92 Å². The minimum Gasteiger partial charge on any atom is -0.460 e. The van der Waals surface area contributed by atoms with Gasteiger partial charge in [0, 0.05) is 11.3 Å². The lowest BCUT2D eigenvalue weighted by molar-refractivity contribution is -0.145. The Labute approximate surface area is 105 Å². The van der Waals surface area contributed by atoms with E-state index < -0.39 is 9.84 Å². The molecule has 1 saturated heterocycles. The molecule has 0 saturated carbocycles. The molecule has 1 aliphatic heterocycles. The topological polar surface area (TPSA) is 60.4 Å². The van der Waals surface area contributed by atoms with Gasteiger partial charge in [0.1, 0.15) is 6.61 Å². The Balaban J connectivity index is 1.75. The van der Waals surface area contributed by atoms with Gasteiger partial charge < -0.3 is 4.74 Å². The summed E-state index contributed by atoms with van der Waals surface area (Å²) >= 11 is 1.53. The largest absolute Gasteiger partial charge is 0.460 e. The van der Waals surface area contributed by atoms with Gasteiger partial charge in [0.2, 0.25) is 0 Å². The summed E-state index contributed by atoms with van der Waals surface area (Å²) < 4.78 is 27.5. The predicted octanol–water partition coefficient (Wildman–Crippen LogP) is 1.62. The third kappa shape index (κ3) is 3.81. The minimum atomic E-state index is -2.90. The smallest absolute Gasteiger partial charge is 0.306 e. The van der Waals surface area contributed by atoms with Crippen LogP contribution in [-0.4, -0.2) is 25.9 Å². The summed E-state index contributed by atoms with van der Waals surface area (Å²) in [6.45, 7) is 0.288. The fourth-order valence-corrected chi connectivity index (χ4v) is 4.35. The van der Waals surface area contributed by atoms with Crippen LogP contribution < -0.4 is 0 Å². The average molecular weight is 274 g/mol. The van der Waals surface area contributed by atoms with Gasteiger partial charge in [-0.3, -0.25) is 4.79 Å². The van der Waals surface area contributed by atoms with E-state index in [-0.39, 0.29) is 36.4 Å². The van der Waals surface area contributed by atoms with Crippen molar-refractivity contribution >= 4 is 27.1 Å². The fraction of sp³-hybridized carbons (Fsp3) is 0.545. The Morgan fingerprint density at radius 2 is 2.35 bits per heavy atom. The van der Waals surface area contributed by atoms with E-state index in [0.29, 0.717) is 6.42 Å². The van der Waals surface area contributed by atoms with Gasteiger partial charge in [-0.15, -0.1) is 11.3 Å². The number of sulfone groups is 1. The Bertz CT molecular complexity index is 476. The fourth-order valence-electron chi connectivity index (χ4n) is 1.87. The van der Waals surface area contributed by atoms with Crippen molar-refractivity contribution in [2.24, 2.45) is 5.92 Å². The molecular formula is C11H14O4S2. The number of carbonyl (C=O) groups is 1. The van der Waals surface area contributed by atoms with Crippen LogP contribution in [0.15, 0.2) is 17.5 Å². The van der Waals surface area contributed by atoms with E-state index >= 15 is 0 Å². The first kappa shape index (κ1) is 12.6. The number of rotatable bonds is 4. The van der Waals surface area contributed by atoms with Crippen molar-refractivity contribution in [1.29, 1.82) is 0 Å². The number of carbonyl (C=O) groups excluding carboxylic acids is 1. The maximum Gasteiger partial charge on any atom is 0.306 e. The monoisotopic (exact) mass is 274 g/mol. The lowest BCUT2D eigenvalue weighted by atomic mass is 10.1. The molecule has 0 N–H and O–H groups in total. The molecular weight excluding hydrogens is 260 g/mol. The zero-order chi connectivity index (χ0) is 12.3. The summed E-state index contributed by atoms with van der Waals surface area (Å²) in [6.07, 6.45) is 0.793. The Morgan fingerprint density at radius 3 is 2.94 bits per heavy atom. The first-order valence-electron chi connectivity index (χ1n) is 5.43. The van der Waals surface area contributed by atoms with Crippen molar-refractivity contribution in [3.05, 3.63) is 22.4 Å². The molecule has 94 valence electrons. The first-order chi connectivity index (χ1) is 8.05. The van der Waals surface area contributed by atoms with Crippen LogP contribution in [0.3, 0.4) is 0 Å². The van der Waals surface area contributed by atoms with Crippen LogP contribution in [0.1, 0.15) is 17.7 Å². The number of ether oxygens (including phenoxy) is 1. The maximum absolute atomic E-state index is 11.5. The summed E-state index contributed by atoms with van der Waals surface area (Å²) in [6, 6.07) is 3.80. The highest BCUT2D eigenvalue weighted by Gasteiger charge is 2.29. The van der Waals surface area contributed by atoms with E-state index in [4.69, 9.17) is 4.74 Å². The number of esters is 1. The quantitative estimate of drug-likeness (QED) is 0.783. The van der Waals surface area contributed by atoms with Gasteiger partial charge in [0.15, 0.2) is 9.84 Å². The summed E-state index contributed by atoms with van der Waals surface area (Å²) in [4.78, 5) is 12.5. The molecule has 17 heavy (non-hydrogen) atoms. The first-order valence-corrected chi connectivity index (χ1v) is 8.14. The van der Waals surface area contributed by atoms with Gasteiger partial charge in [-0.05, 0) is 23.8 Å². The molecule has 1 aromatic rings. The van der Waals surface area contributed by atoms with Gasteiger partial charge in [0.05, 0.1) is 11.5 Å². The maximum atomic E-state index is 11.5. The van der Waals surface area contributed by atoms with Crippen molar-refractivity contribution < 1.29 is 17.9 Å². The van der Waals surface area contributed by atoms with Crippen LogP contribution in [0.2, 0.25) is 0 Å². The van der Waals surface area contributed by atoms with Crippen molar-refractivity contribution in [2.45, 2.75) is 19.4 Å². The normalized spacial score (nSPS) is 22.5. The van der Waals surface area contributed by atoms with Gasteiger partial charge in [-0.25, -0.2) is 8.42 Å². The summed E-state index contributed by atoms with van der Waals surface area (Å²) in [5, 5.41) is 1.92.